The summed E-state index contributed by atoms with van der Waals surface area (Å²) in [6, 6.07) is 7.44. The van der Waals surface area contributed by atoms with Gasteiger partial charge in [-0.05, 0) is 30.9 Å². The third-order valence-corrected chi connectivity index (χ3v) is 5.42. The van der Waals surface area contributed by atoms with Crippen LogP contribution in [0.1, 0.15) is 37.7 Å². The number of carbonyl (C=O) groups is 3. The molecule has 4 rings (SSSR count). The number of urea groups is 1. The van der Waals surface area contributed by atoms with E-state index in [1.165, 1.54) is 5.56 Å². The van der Waals surface area contributed by atoms with Crippen molar-refractivity contribution in [3.05, 3.63) is 29.8 Å². The third-order valence-electron chi connectivity index (χ3n) is 5.42. The van der Waals surface area contributed by atoms with Gasteiger partial charge in [0.15, 0.2) is 0 Å². The van der Waals surface area contributed by atoms with E-state index in [4.69, 9.17) is 0 Å². The smallest absolute Gasteiger partial charge is 0.344 e. The number of hydrazine groups is 1. The fraction of sp³-hybridized carbons (Fsp3) is 0.500. The fourth-order valence-corrected chi connectivity index (χ4v) is 4.12. The molecule has 3 aliphatic rings. The highest BCUT2D eigenvalue weighted by molar-refractivity contribution is 6.08. The monoisotopic (exact) mass is 342 g/mol. The number of hydrogen-bond acceptors (Lipinski definition) is 4. The number of nitrogens with one attached hydrogen (secondary N) is 2. The number of fused-ring (bicyclic) bond motifs is 1. The van der Waals surface area contributed by atoms with Crippen LogP contribution < -0.4 is 15.6 Å². The summed E-state index contributed by atoms with van der Waals surface area (Å²) in [4.78, 5) is 39.2. The van der Waals surface area contributed by atoms with Crippen LogP contribution in [-0.2, 0) is 16.0 Å². The van der Waals surface area contributed by atoms with E-state index in [9.17, 15) is 14.4 Å². The Bertz CT molecular complexity index is 727. The molecule has 0 atom stereocenters. The Labute approximate surface area is 146 Å². The summed E-state index contributed by atoms with van der Waals surface area (Å²) in [5.41, 5.74) is 3.94. The van der Waals surface area contributed by atoms with Crippen molar-refractivity contribution in [3.8, 4) is 0 Å². The molecule has 1 aromatic carbocycles. The van der Waals surface area contributed by atoms with Gasteiger partial charge in [0.05, 0.1) is 6.54 Å². The van der Waals surface area contributed by atoms with Gasteiger partial charge in [0, 0.05) is 12.2 Å². The molecular weight excluding hydrogens is 320 g/mol. The van der Waals surface area contributed by atoms with Crippen molar-refractivity contribution in [2.75, 3.05) is 18.0 Å². The average molecular weight is 342 g/mol. The molecular formula is C18H22N4O3. The fourth-order valence-electron chi connectivity index (χ4n) is 4.12. The molecule has 2 heterocycles. The standard InChI is InChI=1S/C18H22N4O3/c23-15(12-21-11-8-13-6-2-3-7-14(13)21)20-22-16(24)18(19-17(22)25)9-4-1-5-10-18/h2-3,6-7H,1,4-5,8-12H2,(H,19,25)(H,20,23). The molecule has 1 aromatic rings. The molecule has 0 bridgehead atoms. The van der Waals surface area contributed by atoms with Crippen LogP contribution in [0.5, 0.6) is 0 Å². The summed E-state index contributed by atoms with van der Waals surface area (Å²) in [6.07, 6.45) is 5.09. The summed E-state index contributed by atoms with van der Waals surface area (Å²) in [6.45, 7) is 0.887. The number of nitrogens with zero attached hydrogens (tertiary/aromatic N) is 2. The summed E-state index contributed by atoms with van der Waals surface area (Å²) in [5, 5.41) is 3.66. The molecule has 2 N–H and O–H groups in total. The topological polar surface area (TPSA) is 81.8 Å². The van der Waals surface area contributed by atoms with E-state index in [1.54, 1.807) is 0 Å². The predicted octanol–water partition coefficient (Wildman–Crippen LogP) is 1.33. The lowest BCUT2D eigenvalue weighted by Gasteiger charge is -2.30. The normalized spacial score (nSPS) is 21.4. The first-order valence-corrected chi connectivity index (χ1v) is 8.88. The van der Waals surface area contributed by atoms with Crippen molar-refractivity contribution in [1.29, 1.82) is 0 Å². The number of benzene rings is 1. The van der Waals surface area contributed by atoms with Crippen molar-refractivity contribution in [2.24, 2.45) is 0 Å². The average Bonchev–Trinajstić information content (AvgIpc) is 3.11. The Morgan fingerprint density at radius 1 is 1.16 bits per heavy atom. The Kier molecular flexibility index (Phi) is 3.86. The van der Waals surface area contributed by atoms with Gasteiger partial charge in [-0.25, -0.2) is 4.79 Å². The molecule has 0 aromatic heterocycles. The largest absolute Gasteiger partial charge is 0.362 e. The molecule has 1 spiro atoms. The first kappa shape index (κ1) is 15.9. The van der Waals surface area contributed by atoms with Crippen LogP contribution >= 0.6 is 0 Å². The van der Waals surface area contributed by atoms with E-state index in [0.717, 1.165) is 42.9 Å². The molecule has 25 heavy (non-hydrogen) atoms. The molecule has 2 fully saturated rings. The highest BCUT2D eigenvalue weighted by Gasteiger charge is 2.52. The molecule has 0 unspecified atom stereocenters. The van der Waals surface area contributed by atoms with Crippen LogP contribution in [-0.4, -0.2) is 41.5 Å². The summed E-state index contributed by atoms with van der Waals surface area (Å²) in [7, 11) is 0. The highest BCUT2D eigenvalue weighted by Crippen LogP contribution is 2.33. The van der Waals surface area contributed by atoms with Gasteiger partial charge in [-0.15, -0.1) is 0 Å². The number of amides is 4. The van der Waals surface area contributed by atoms with E-state index in [2.05, 4.69) is 16.8 Å². The van der Waals surface area contributed by atoms with Gasteiger partial charge in [-0.3, -0.25) is 15.0 Å². The summed E-state index contributed by atoms with van der Waals surface area (Å²) in [5.74, 6) is -0.680. The van der Waals surface area contributed by atoms with Crippen LogP contribution in [0.4, 0.5) is 10.5 Å². The van der Waals surface area contributed by atoms with Gasteiger partial charge in [0.2, 0.25) is 0 Å². The summed E-state index contributed by atoms with van der Waals surface area (Å²) < 4.78 is 0. The van der Waals surface area contributed by atoms with E-state index in [-0.39, 0.29) is 18.4 Å². The predicted molar refractivity (Wildman–Crippen MR) is 91.7 cm³/mol. The number of anilines is 1. The Balaban J connectivity index is 1.41. The lowest BCUT2D eigenvalue weighted by atomic mass is 9.82. The molecule has 2 aliphatic heterocycles. The SMILES string of the molecule is O=C(CN1CCc2ccccc21)NN1C(=O)NC2(CCCCC2)C1=O. The Morgan fingerprint density at radius 3 is 2.72 bits per heavy atom. The van der Waals surface area contributed by atoms with E-state index >= 15 is 0 Å². The maximum atomic E-state index is 12.7. The second kappa shape index (κ2) is 6.06. The van der Waals surface area contributed by atoms with E-state index in [0.29, 0.717) is 12.8 Å². The van der Waals surface area contributed by atoms with Crippen molar-refractivity contribution in [3.63, 3.8) is 0 Å². The number of rotatable bonds is 3. The van der Waals surface area contributed by atoms with Gasteiger partial charge < -0.3 is 10.2 Å². The second-order valence-corrected chi connectivity index (χ2v) is 7.05. The van der Waals surface area contributed by atoms with Crippen LogP contribution in [0.2, 0.25) is 0 Å². The lowest BCUT2D eigenvalue weighted by Crippen LogP contribution is -2.52. The molecule has 1 saturated heterocycles. The summed E-state index contributed by atoms with van der Waals surface area (Å²) >= 11 is 0. The maximum Gasteiger partial charge on any atom is 0.344 e. The molecule has 1 aliphatic carbocycles. The maximum absolute atomic E-state index is 12.7. The van der Waals surface area contributed by atoms with Gasteiger partial charge in [-0.2, -0.15) is 5.01 Å². The van der Waals surface area contributed by atoms with Crippen LogP contribution in [0.15, 0.2) is 24.3 Å². The van der Waals surface area contributed by atoms with Crippen molar-refractivity contribution in [1.82, 2.24) is 15.8 Å². The number of imide groups is 1. The van der Waals surface area contributed by atoms with Crippen LogP contribution in [0.25, 0.3) is 0 Å². The van der Waals surface area contributed by atoms with Gasteiger partial charge in [0.25, 0.3) is 11.8 Å². The molecule has 4 amide bonds. The van der Waals surface area contributed by atoms with Crippen LogP contribution in [0, 0.1) is 0 Å². The number of carbonyl (C=O) groups excluding carboxylic acids is 3. The number of hydrogen-bond donors (Lipinski definition) is 2. The second-order valence-electron chi connectivity index (χ2n) is 7.05. The Morgan fingerprint density at radius 2 is 1.92 bits per heavy atom. The minimum Gasteiger partial charge on any atom is -0.362 e. The molecule has 7 heteroatoms. The molecule has 7 nitrogen and oxygen atoms in total. The van der Waals surface area contributed by atoms with Crippen LogP contribution in [0.3, 0.4) is 0 Å². The van der Waals surface area contributed by atoms with Gasteiger partial charge >= 0.3 is 6.03 Å². The van der Waals surface area contributed by atoms with E-state index in [1.807, 2.05) is 23.1 Å². The molecule has 0 radical (unpaired) electrons. The Hall–Kier alpha value is -2.57. The first-order chi connectivity index (χ1) is 12.1. The minimum absolute atomic E-state index is 0.126. The zero-order valence-corrected chi connectivity index (χ0v) is 14.1. The third kappa shape index (κ3) is 2.73. The zero-order chi connectivity index (χ0) is 17.4. The lowest BCUT2D eigenvalue weighted by molar-refractivity contribution is -0.139. The molecule has 132 valence electrons. The number of para-hydroxylation sites is 1. The molecule has 1 saturated carbocycles. The zero-order valence-electron chi connectivity index (χ0n) is 14.1. The van der Waals surface area contributed by atoms with Gasteiger partial charge in [0.1, 0.15) is 5.54 Å². The van der Waals surface area contributed by atoms with Gasteiger partial charge in [-0.1, -0.05) is 37.5 Å². The highest BCUT2D eigenvalue weighted by atomic mass is 16.2. The first-order valence-electron chi connectivity index (χ1n) is 8.88. The van der Waals surface area contributed by atoms with Crippen molar-refractivity contribution < 1.29 is 14.4 Å². The van der Waals surface area contributed by atoms with Crippen molar-refractivity contribution >= 4 is 23.5 Å². The van der Waals surface area contributed by atoms with Crippen molar-refractivity contribution in [2.45, 2.75) is 44.1 Å². The van der Waals surface area contributed by atoms with E-state index < -0.39 is 11.6 Å². The minimum atomic E-state index is -0.817. The quantitative estimate of drug-likeness (QED) is 0.812.